The van der Waals surface area contributed by atoms with Crippen LogP contribution in [0.3, 0.4) is 0 Å². The fourth-order valence-electron chi connectivity index (χ4n) is 3.38. The third-order valence-electron chi connectivity index (χ3n) is 4.95. The van der Waals surface area contributed by atoms with Gasteiger partial charge in [0.05, 0.1) is 23.5 Å². The number of methoxy groups -OCH3 is 1. The Balaban J connectivity index is 1.62. The molecule has 0 atom stereocenters. The summed E-state index contributed by atoms with van der Waals surface area (Å²) in [6, 6.07) is 23.6. The van der Waals surface area contributed by atoms with E-state index in [9.17, 15) is 0 Å². The minimum Gasteiger partial charge on any atom is -0.497 e. The van der Waals surface area contributed by atoms with Crippen LogP contribution >= 0.6 is 0 Å². The molecule has 5 aromatic rings. The molecule has 30 heavy (non-hydrogen) atoms. The molecule has 0 aliphatic rings. The SMILES string of the molecule is COc1ccc(-c2c/c(=N/Nc3nc4ccccc4[nH]3)c3ccc(C)cc3o2)cc1. The molecule has 6 nitrogen and oxygen atoms in total. The normalized spacial score (nSPS) is 11.9. The highest BCUT2D eigenvalue weighted by Gasteiger charge is 2.08. The average molecular weight is 396 g/mol. The maximum absolute atomic E-state index is 6.19. The van der Waals surface area contributed by atoms with Crippen molar-refractivity contribution in [2.24, 2.45) is 5.10 Å². The van der Waals surface area contributed by atoms with E-state index in [1.54, 1.807) is 7.11 Å². The van der Waals surface area contributed by atoms with Gasteiger partial charge in [0.1, 0.15) is 17.1 Å². The van der Waals surface area contributed by atoms with Crippen molar-refractivity contribution in [2.75, 3.05) is 12.5 Å². The molecule has 0 bridgehead atoms. The molecule has 0 unspecified atom stereocenters. The molecule has 148 valence electrons. The minimum atomic E-state index is 0.586. The number of ether oxygens (including phenoxy) is 1. The van der Waals surface area contributed by atoms with E-state index in [1.807, 2.05) is 79.7 Å². The molecular weight excluding hydrogens is 376 g/mol. The summed E-state index contributed by atoms with van der Waals surface area (Å²) in [5, 5.41) is 6.31. The lowest BCUT2D eigenvalue weighted by Gasteiger charge is -2.07. The van der Waals surface area contributed by atoms with E-state index in [4.69, 9.17) is 9.15 Å². The lowest BCUT2D eigenvalue weighted by molar-refractivity contribution is 0.415. The number of nitrogens with zero attached hydrogens (tertiary/aromatic N) is 2. The fourth-order valence-corrected chi connectivity index (χ4v) is 3.38. The van der Waals surface area contributed by atoms with Crippen LogP contribution in [0.5, 0.6) is 5.75 Å². The number of para-hydroxylation sites is 2. The van der Waals surface area contributed by atoms with Gasteiger partial charge < -0.3 is 14.1 Å². The van der Waals surface area contributed by atoms with Crippen LogP contribution in [0.25, 0.3) is 33.3 Å². The topological polar surface area (TPSA) is 75.4 Å². The number of hydrogen-bond acceptors (Lipinski definition) is 5. The first kappa shape index (κ1) is 18.0. The van der Waals surface area contributed by atoms with Crippen LogP contribution in [0, 0.1) is 6.92 Å². The lowest BCUT2D eigenvalue weighted by Crippen LogP contribution is -2.08. The molecule has 0 saturated carbocycles. The number of aryl methyl sites for hydroxylation is 1. The monoisotopic (exact) mass is 396 g/mol. The molecule has 6 heteroatoms. The van der Waals surface area contributed by atoms with E-state index < -0.39 is 0 Å². The molecule has 0 fully saturated rings. The largest absolute Gasteiger partial charge is 0.497 e. The maximum Gasteiger partial charge on any atom is 0.222 e. The number of aromatic nitrogens is 2. The third-order valence-corrected chi connectivity index (χ3v) is 4.95. The van der Waals surface area contributed by atoms with Crippen molar-refractivity contribution in [3.63, 3.8) is 0 Å². The van der Waals surface area contributed by atoms with E-state index in [0.717, 1.165) is 50.0 Å². The van der Waals surface area contributed by atoms with Crippen molar-refractivity contribution in [3.8, 4) is 17.1 Å². The summed E-state index contributed by atoms with van der Waals surface area (Å²) in [4.78, 5) is 7.75. The Morgan fingerprint density at radius 2 is 1.83 bits per heavy atom. The van der Waals surface area contributed by atoms with Gasteiger partial charge >= 0.3 is 0 Å². The molecule has 0 radical (unpaired) electrons. The molecule has 0 amide bonds. The summed E-state index contributed by atoms with van der Waals surface area (Å²) < 4.78 is 11.4. The van der Waals surface area contributed by atoms with Gasteiger partial charge in [-0.25, -0.2) is 10.4 Å². The predicted molar refractivity (Wildman–Crippen MR) is 118 cm³/mol. The van der Waals surface area contributed by atoms with E-state index >= 15 is 0 Å². The molecule has 2 aromatic heterocycles. The number of hydrogen-bond donors (Lipinski definition) is 2. The van der Waals surface area contributed by atoms with E-state index in [-0.39, 0.29) is 0 Å². The van der Waals surface area contributed by atoms with E-state index in [1.165, 1.54) is 0 Å². The summed E-state index contributed by atoms with van der Waals surface area (Å²) in [6.45, 7) is 2.04. The van der Waals surface area contributed by atoms with Crippen molar-refractivity contribution < 1.29 is 9.15 Å². The molecule has 0 spiro atoms. The van der Waals surface area contributed by atoms with Crippen LogP contribution in [0.4, 0.5) is 5.95 Å². The minimum absolute atomic E-state index is 0.586. The second kappa shape index (κ2) is 7.40. The van der Waals surface area contributed by atoms with Gasteiger partial charge in [-0.3, -0.25) is 0 Å². The van der Waals surface area contributed by atoms with Crippen molar-refractivity contribution >= 4 is 28.0 Å². The Morgan fingerprint density at radius 3 is 2.63 bits per heavy atom. The van der Waals surface area contributed by atoms with Gasteiger partial charge in [0.25, 0.3) is 0 Å². The number of nitrogens with one attached hydrogen (secondary N) is 2. The van der Waals surface area contributed by atoms with Crippen LogP contribution in [0.15, 0.2) is 82.3 Å². The van der Waals surface area contributed by atoms with Crippen LogP contribution in [-0.2, 0) is 0 Å². The summed E-state index contributed by atoms with van der Waals surface area (Å²) in [5.74, 6) is 2.11. The highest BCUT2D eigenvalue weighted by atomic mass is 16.5. The smallest absolute Gasteiger partial charge is 0.222 e. The van der Waals surface area contributed by atoms with Crippen LogP contribution in [-0.4, -0.2) is 17.1 Å². The standard InChI is InChI=1S/C24H20N4O2/c1-15-7-12-18-21(27-28-24-25-19-5-3-4-6-20(19)26-24)14-22(30-23(18)13-15)16-8-10-17(29-2)11-9-16/h3-14H,1-2H3,(H2,25,26,28)/b27-21-. The van der Waals surface area contributed by atoms with Gasteiger partial charge in [-0.05, 0) is 61.0 Å². The Labute approximate surface area is 172 Å². The van der Waals surface area contributed by atoms with Gasteiger partial charge in [-0.1, -0.05) is 18.2 Å². The van der Waals surface area contributed by atoms with Gasteiger partial charge in [0.2, 0.25) is 5.95 Å². The molecule has 0 aliphatic heterocycles. The second-order valence-corrected chi connectivity index (χ2v) is 7.05. The second-order valence-electron chi connectivity index (χ2n) is 7.05. The van der Waals surface area contributed by atoms with Gasteiger partial charge in [0, 0.05) is 17.0 Å². The van der Waals surface area contributed by atoms with Crippen LogP contribution in [0.2, 0.25) is 0 Å². The first-order chi connectivity index (χ1) is 14.7. The van der Waals surface area contributed by atoms with Gasteiger partial charge in [-0.15, -0.1) is 0 Å². The summed E-state index contributed by atoms with van der Waals surface area (Å²) in [7, 11) is 1.65. The number of anilines is 1. The summed E-state index contributed by atoms with van der Waals surface area (Å²) in [6.07, 6.45) is 0. The zero-order valence-corrected chi connectivity index (χ0v) is 16.6. The Kier molecular flexibility index (Phi) is 4.44. The van der Waals surface area contributed by atoms with E-state index in [2.05, 4.69) is 20.5 Å². The zero-order chi connectivity index (χ0) is 20.5. The quantitative estimate of drug-likeness (QED) is 0.408. The number of rotatable bonds is 4. The Hall–Kier alpha value is -4.06. The van der Waals surface area contributed by atoms with Gasteiger partial charge in [-0.2, -0.15) is 5.10 Å². The van der Waals surface area contributed by atoms with Crippen molar-refractivity contribution in [1.82, 2.24) is 9.97 Å². The molecule has 0 saturated heterocycles. The zero-order valence-electron chi connectivity index (χ0n) is 16.6. The van der Waals surface area contributed by atoms with Crippen LogP contribution in [0.1, 0.15) is 5.56 Å². The van der Waals surface area contributed by atoms with Crippen molar-refractivity contribution in [1.29, 1.82) is 0 Å². The number of H-pyrrole nitrogens is 1. The Morgan fingerprint density at radius 1 is 1.00 bits per heavy atom. The Bertz CT molecular complexity index is 1380. The fraction of sp³-hybridized carbons (Fsp3) is 0.0833. The summed E-state index contributed by atoms with van der Waals surface area (Å²) in [5.41, 5.74) is 7.73. The molecule has 2 N–H and O–H groups in total. The maximum atomic E-state index is 6.19. The first-order valence-electron chi connectivity index (χ1n) is 9.63. The highest BCUT2D eigenvalue weighted by molar-refractivity contribution is 5.79. The molecule has 0 aliphatic carbocycles. The predicted octanol–water partition coefficient (Wildman–Crippen LogP) is 5.22. The number of benzene rings is 3. The number of aromatic amines is 1. The lowest BCUT2D eigenvalue weighted by atomic mass is 10.1. The number of imidazole rings is 1. The average Bonchev–Trinajstić information content (AvgIpc) is 3.20. The van der Waals surface area contributed by atoms with Gasteiger partial charge in [0.15, 0.2) is 0 Å². The number of fused-ring (bicyclic) bond motifs is 2. The third kappa shape index (κ3) is 3.39. The highest BCUT2D eigenvalue weighted by Crippen LogP contribution is 2.25. The molecule has 2 heterocycles. The molecular formula is C24H20N4O2. The summed E-state index contributed by atoms with van der Waals surface area (Å²) >= 11 is 0. The van der Waals surface area contributed by atoms with Crippen LogP contribution < -0.4 is 15.5 Å². The first-order valence-corrected chi connectivity index (χ1v) is 9.63. The molecule has 5 rings (SSSR count). The van der Waals surface area contributed by atoms with E-state index in [0.29, 0.717) is 5.95 Å². The van der Waals surface area contributed by atoms with Crippen molar-refractivity contribution in [2.45, 2.75) is 6.92 Å². The molecule has 3 aromatic carbocycles. The van der Waals surface area contributed by atoms with Crippen molar-refractivity contribution in [3.05, 3.63) is 83.7 Å².